The van der Waals surface area contributed by atoms with E-state index >= 15 is 0 Å². The van der Waals surface area contributed by atoms with E-state index in [9.17, 15) is 9.59 Å². The lowest BCUT2D eigenvalue weighted by Gasteiger charge is -2.05. The highest BCUT2D eigenvalue weighted by Gasteiger charge is 2.11. The van der Waals surface area contributed by atoms with Gasteiger partial charge in [0.15, 0.2) is 10.3 Å². The van der Waals surface area contributed by atoms with E-state index in [4.69, 9.17) is 4.74 Å². The molecule has 0 fully saturated rings. The number of amides is 1. The Balaban J connectivity index is 1.44. The highest BCUT2D eigenvalue weighted by Crippen LogP contribution is 2.27. The summed E-state index contributed by atoms with van der Waals surface area (Å²) in [4.78, 5) is 35.9. The van der Waals surface area contributed by atoms with Crippen molar-refractivity contribution in [2.75, 3.05) is 18.2 Å². The second-order valence-electron chi connectivity index (χ2n) is 6.49. The summed E-state index contributed by atoms with van der Waals surface area (Å²) in [5.41, 5.74) is 3.04. The topological polar surface area (TPSA) is 97.0 Å². The summed E-state index contributed by atoms with van der Waals surface area (Å²) in [6.45, 7) is 2.02. The Morgan fingerprint density at radius 2 is 1.97 bits per heavy atom. The molecule has 30 heavy (non-hydrogen) atoms. The smallest absolute Gasteiger partial charge is 0.252 e. The van der Waals surface area contributed by atoms with Crippen molar-refractivity contribution in [3.63, 3.8) is 0 Å². The van der Waals surface area contributed by atoms with Crippen molar-refractivity contribution in [1.29, 1.82) is 0 Å². The van der Waals surface area contributed by atoms with Gasteiger partial charge in [-0.3, -0.25) is 9.59 Å². The lowest BCUT2D eigenvalue weighted by molar-refractivity contribution is -0.113. The van der Waals surface area contributed by atoms with Crippen LogP contribution in [-0.4, -0.2) is 33.7 Å². The molecule has 2 heterocycles. The van der Waals surface area contributed by atoms with Gasteiger partial charge in [-0.15, -0.1) is 0 Å². The fourth-order valence-corrected chi connectivity index (χ4v) is 4.44. The zero-order chi connectivity index (χ0) is 21.1. The molecule has 0 bridgehead atoms. The quantitative estimate of drug-likeness (QED) is 0.348. The maximum Gasteiger partial charge on any atom is 0.252 e. The number of benzene rings is 2. The number of rotatable bonds is 6. The zero-order valence-corrected chi connectivity index (χ0v) is 17.9. The fourth-order valence-electron chi connectivity index (χ4n) is 2.79. The third-order valence-electron chi connectivity index (χ3n) is 4.24. The van der Waals surface area contributed by atoms with Crippen LogP contribution in [0.3, 0.4) is 0 Å². The number of anilines is 1. The molecule has 4 aromatic rings. The fraction of sp³-hybridized carbons (Fsp3) is 0.143. The minimum Gasteiger partial charge on any atom is -0.497 e. The van der Waals surface area contributed by atoms with Gasteiger partial charge in [0.1, 0.15) is 5.75 Å². The summed E-state index contributed by atoms with van der Waals surface area (Å²) in [5.74, 6) is 0.609. The Bertz CT molecular complexity index is 1270. The Labute approximate surface area is 180 Å². The van der Waals surface area contributed by atoms with E-state index < -0.39 is 0 Å². The van der Waals surface area contributed by atoms with Crippen LogP contribution in [0.25, 0.3) is 21.5 Å². The number of aryl methyl sites for hydroxylation is 1. The highest BCUT2D eigenvalue weighted by atomic mass is 32.2. The van der Waals surface area contributed by atoms with Crippen LogP contribution in [0.2, 0.25) is 0 Å². The molecule has 0 atom stereocenters. The van der Waals surface area contributed by atoms with E-state index in [1.54, 1.807) is 19.2 Å². The lowest BCUT2D eigenvalue weighted by Crippen LogP contribution is -2.15. The van der Waals surface area contributed by atoms with Gasteiger partial charge in [0, 0.05) is 11.6 Å². The van der Waals surface area contributed by atoms with E-state index in [-0.39, 0.29) is 17.2 Å². The molecule has 2 aromatic carbocycles. The summed E-state index contributed by atoms with van der Waals surface area (Å²) in [5, 5.41) is 3.74. The normalized spacial score (nSPS) is 10.9. The molecule has 0 saturated carbocycles. The van der Waals surface area contributed by atoms with Gasteiger partial charge >= 0.3 is 0 Å². The minimum absolute atomic E-state index is 0.101. The minimum atomic E-state index is -0.278. The summed E-state index contributed by atoms with van der Waals surface area (Å²) in [6.07, 6.45) is 0. The first-order valence-corrected chi connectivity index (χ1v) is 10.9. The van der Waals surface area contributed by atoms with Crippen molar-refractivity contribution >= 4 is 44.4 Å². The van der Waals surface area contributed by atoms with Crippen molar-refractivity contribution in [2.24, 2.45) is 0 Å². The number of aromatic nitrogens is 3. The maximum absolute atomic E-state index is 12.3. The van der Waals surface area contributed by atoms with Gasteiger partial charge in [-0.05, 0) is 48.9 Å². The Hall–Kier alpha value is -3.17. The molecule has 2 aromatic heterocycles. The molecular weight excluding hydrogens is 420 g/mol. The number of H-pyrrole nitrogens is 1. The Kier molecular flexibility index (Phi) is 5.82. The van der Waals surface area contributed by atoms with E-state index in [1.165, 1.54) is 17.4 Å². The standard InChI is InChI=1S/C21H18N4O3S2/c1-12-3-8-15-17(9-12)30-21(22-15)25-19(27)11-29-20-23-16(10-18(26)24-20)13-4-6-14(28-2)7-5-13/h3-10H,11H2,1-2H3,(H,22,25,27)(H,23,24,26). The molecule has 0 spiro atoms. The van der Waals surface area contributed by atoms with Gasteiger partial charge in [0.05, 0.1) is 28.8 Å². The van der Waals surface area contributed by atoms with Gasteiger partial charge in [0.25, 0.3) is 5.56 Å². The van der Waals surface area contributed by atoms with Crippen molar-refractivity contribution in [3.05, 3.63) is 64.4 Å². The van der Waals surface area contributed by atoms with E-state index in [0.29, 0.717) is 16.0 Å². The summed E-state index contributed by atoms with van der Waals surface area (Å²) >= 11 is 2.59. The predicted molar refractivity (Wildman–Crippen MR) is 121 cm³/mol. The molecule has 0 aliphatic heterocycles. The number of methoxy groups -OCH3 is 1. The Morgan fingerprint density at radius 1 is 1.17 bits per heavy atom. The first-order chi connectivity index (χ1) is 14.5. The number of hydrogen-bond acceptors (Lipinski definition) is 7. The van der Waals surface area contributed by atoms with Gasteiger partial charge < -0.3 is 15.0 Å². The maximum atomic E-state index is 12.3. The number of carbonyl (C=O) groups excluding carboxylic acids is 1. The second-order valence-corrected chi connectivity index (χ2v) is 8.49. The van der Waals surface area contributed by atoms with Crippen LogP contribution in [0, 0.1) is 6.92 Å². The number of aromatic amines is 1. The van der Waals surface area contributed by atoms with Crippen LogP contribution in [0.5, 0.6) is 5.75 Å². The van der Waals surface area contributed by atoms with E-state index in [0.717, 1.165) is 38.9 Å². The van der Waals surface area contributed by atoms with Crippen molar-refractivity contribution in [2.45, 2.75) is 12.1 Å². The van der Waals surface area contributed by atoms with Crippen molar-refractivity contribution in [3.8, 4) is 17.0 Å². The number of nitrogens with one attached hydrogen (secondary N) is 2. The molecule has 0 aliphatic rings. The molecule has 0 saturated heterocycles. The van der Waals surface area contributed by atoms with Gasteiger partial charge in [-0.25, -0.2) is 9.97 Å². The average Bonchev–Trinajstić information content (AvgIpc) is 3.13. The molecule has 0 radical (unpaired) electrons. The molecule has 0 unspecified atom stereocenters. The van der Waals surface area contributed by atoms with Crippen molar-refractivity contribution < 1.29 is 9.53 Å². The summed E-state index contributed by atoms with van der Waals surface area (Å²) < 4.78 is 6.17. The lowest BCUT2D eigenvalue weighted by atomic mass is 10.1. The predicted octanol–water partition coefficient (Wildman–Crippen LogP) is 4.09. The number of nitrogens with zero attached hydrogens (tertiary/aromatic N) is 2. The molecular formula is C21H18N4O3S2. The van der Waals surface area contributed by atoms with E-state index in [1.807, 2.05) is 37.3 Å². The third kappa shape index (κ3) is 4.69. The van der Waals surface area contributed by atoms with Crippen LogP contribution in [0.4, 0.5) is 5.13 Å². The van der Waals surface area contributed by atoms with Crippen LogP contribution in [0.15, 0.2) is 58.5 Å². The number of thioether (sulfide) groups is 1. The molecule has 152 valence electrons. The van der Waals surface area contributed by atoms with Gasteiger partial charge in [-0.1, -0.05) is 29.2 Å². The number of thiazole rings is 1. The monoisotopic (exact) mass is 438 g/mol. The van der Waals surface area contributed by atoms with Gasteiger partial charge in [-0.2, -0.15) is 0 Å². The number of ether oxygens (including phenoxy) is 1. The summed E-state index contributed by atoms with van der Waals surface area (Å²) in [6, 6.07) is 14.7. The third-order valence-corrected chi connectivity index (χ3v) is 6.04. The van der Waals surface area contributed by atoms with E-state index in [2.05, 4.69) is 20.3 Å². The SMILES string of the molecule is COc1ccc(-c2cc(=O)[nH]c(SCC(=O)Nc3nc4ccc(C)cc4s3)n2)cc1. The van der Waals surface area contributed by atoms with Crippen LogP contribution >= 0.6 is 23.1 Å². The summed E-state index contributed by atoms with van der Waals surface area (Å²) in [7, 11) is 1.59. The highest BCUT2D eigenvalue weighted by molar-refractivity contribution is 7.99. The largest absolute Gasteiger partial charge is 0.497 e. The average molecular weight is 439 g/mol. The van der Waals surface area contributed by atoms with Crippen molar-refractivity contribution in [1.82, 2.24) is 15.0 Å². The molecule has 1 amide bonds. The van der Waals surface area contributed by atoms with Crippen LogP contribution in [0.1, 0.15) is 5.56 Å². The molecule has 2 N–H and O–H groups in total. The van der Waals surface area contributed by atoms with Crippen LogP contribution in [-0.2, 0) is 4.79 Å². The molecule has 0 aliphatic carbocycles. The van der Waals surface area contributed by atoms with Gasteiger partial charge in [0.2, 0.25) is 5.91 Å². The zero-order valence-electron chi connectivity index (χ0n) is 16.3. The Morgan fingerprint density at radius 3 is 2.73 bits per heavy atom. The first kappa shape index (κ1) is 20.1. The number of fused-ring (bicyclic) bond motifs is 1. The second kappa shape index (κ2) is 8.68. The molecule has 7 nitrogen and oxygen atoms in total. The molecule has 9 heteroatoms. The molecule has 4 rings (SSSR count). The van der Waals surface area contributed by atoms with Crippen LogP contribution < -0.4 is 15.6 Å². The number of hydrogen-bond donors (Lipinski definition) is 2. The number of carbonyl (C=O) groups is 1. The first-order valence-electron chi connectivity index (χ1n) is 9.06.